The molecule has 0 aromatic heterocycles. The lowest BCUT2D eigenvalue weighted by Crippen LogP contribution is -2.40. The Morgan fingerprint density at radius 1 is 0.775 bits per heavy atom. The van der Waals surface area contributed by atoms with Crippen molar-refractivity contribution < 1.29 is 49.4 Å². The second-order valence-electron chi connectivity index (χ2n) is 9.93. The first-order valence-corrected chi connectivity index (χ1v) is 12.5. The van der Waals surface area contributed by atoms with Gasteiger partial charge in [-0.3, -0.25) is 9.59 Å². The van der Waals surface area contributed by atoms with Gasteiger partial charge >= 0.3 is 11.9 Å². The predicted octanol–water partition coefficient (Wildman–Crippen LogP) is 3.19. The van der Waals surface area contributed by atoms with Crippen LogP contribution in [-0.2, 0) is 4.74 Å². The van der Waals surface area contributed by atoms with Crippen LogP contribution in [0.1, 0.15) is 66.3 Å². The minimum Gasteiger partial charge on any atom is -0.507 e. The molecule has 40 heavy (non-hydrogen) atoms. The Balaban J connectivity index is 1.32. The molecular weight excluding hydrogens is 522 g/mol. The zero-order valence-corrected chi connectivity index (χ0v) is 20.9. The Morgan fingerprint density at radius 3 is 2.10 bits per heavy atom. The van der Waals surface area contributed by atoms with E-state index in [9.17, 15) is 44.7 Å². The number of fused-ring (bicyclic) bond motifs is 2. The number of rotatable bonds is 7. The molecule has 4 atom stereocenters. The molecule has 2 bridgehead atoms. The van der Waals surface area contributed by atoms with E-state index in [1.807, 2.05) is 0 Å². The number of carboxylic acids is 1. The average Bonchev–Trinajstić information content (AvgIpc) is 3.43. The standard InChI is InChI=1S/C29H25NO10/c31-19-6-2-1-4-16(19)27(36)30-18-10-13-8-9-15(18)26(13)40-29(39)14-11-21(33)24(22(34)12-14)25(35)23-17(28(37)38)5-3-7-20(23)32/h1-7,11-13,15,18,26,31-34H,8-10H2,(H,30,36)(H,37,38). The van der Waals surface area contributed by atoms with Gasteiger partial charge in [0.05, 0.1) is 22.3 Å². The molecule has 0 heterocycles. The van der Waals surface area contributed by atoms with Crippen LogP contribution < -0.4 is 5.32 Å². The lowest BCUT2D eigenvalue weighted by molar-refractivity contribution is 0.0176. The van der Waals surface area contributed by atoms with Gasteiger partial charge in [0.15, 0.2) is 0 Å². The van der Waals surface area contributed by atoms with Gasteiger partial charge in [0.2, 0.25) is 5.78 Å². The number of hydrogen-bond acceptors (Lipinski definition) is 9. The van der Waals surface area contributed by atoms with Gasteiger partial charge in [-0.2, -0.15) is 0 Å². The van der Waals surface area contributed by atoms with Gasteiger partial charge in [0.25, 0.3) is 5.91 Å². The number of ether oxygens (including phenoxy) is 1. The number of esters is 1. The molecule has 2 fully saturated rings. The highest BCUT2D eigenvalue weighted by Crippen LogP contribution is 2.47. The van der Waals surface area contributed by atoms with Crippen LogP contribution in [0.3, 0.4) is 0 Å². The second kappa shape index (κ2) is 10.3. The van der Waals surface area contributed by atoms with Gasteiger partial charge in [0.1, 0.15) is 34.7 Å². The number of nitrogens with one attached hydrogen (secondary N) is 1. The van der Waals surface area contributed by atoms with Crippen molar-refractivity contribution in [2.75, 3.05) is 0 Å². The zero-order valence-electron chi connectivity index (χ0n) is 20.9. The number of phenolic OH excluding ortho intramolecular Hbond substituents is 4. The maximum atomic E-state index is 13.0. The number of aromatic hydroxyl groups is 4. The van der Waals surface area contributed by atoms with E-state index in [1.54, 1.807) is 12.1 Å². The molecule has 0 aliphatic heterocycles. The summed E-state index contributed by atoms with van der Waals surface area (Å²) < 4.78 is 5.73. The van der Waals surface area contributed by atoms with E-state index in [0.717, 1.165) is 30.7 Å². The van der Waals surface area contributed by atoms with E-state index in [1.165, 1.54) is 18.2 Å². The van der Waals surface area contributed by atoms with Gasteiger partial charge in [-0.05, 0) is 61.6 Å². The van der Waals surface area contributed by atoms with Crippen LogP contribution in [0.25, 0.3) is 0 Å². The number of carbonyl (C=O) groups excluding carboxylic acids is 3. The molecule has 206 valence electrons. The highest BCUT2D eigenvalue weighted by atomic mass is 16.5. The number of ketones is 1. The van der Waals surface area contributed by atoms with Crippen molar-refractivity contribution in [1.29, 1.82) is 0 Å². The summed E-state index contributed by atoms with van der Waals surface area (Å²) in [7, 11) is 0. The maximum Gasteiger partial charge on any atom is 0.338 e. The van der Waals surface area contributed by atoms with Gasteiger partial charge in [-0.1, -0.05) is 18.2 Å². The van der Waals surface area contributed by atoms with Crippen LogP contribution in [0.4, 0.5) is 0 Å². The van der Waals surface area contributed by atoms with Crippen molar-refractivity contribution in [3.8, 4) is 23.0 Å². The molecule has 11 heteroatoms. The van der Waals surface area contributed by atoms with E-state index in [4.69, 9.17) is 4.74 Å². The number of carbonyl (C=O) groups is 4. The van der Waals surface area contributed by atoms with Crippen LogP contribution in [0.5, 0.6) is 23.0 Å². The molecule has 2 aliphatic carbocycles. The molecular formula is C29H25NO10. The number of para-hydroxylation sites is 1. The Labute approximate surface area is 227 Å². The van der Waals surface area contributed by atoms with E-state index in [-0.39, 0.29) is 34.8 Å². The third-order valence-corrected chi connectivity index (χ3v) is 7.60. The maximum absolute atomic E-state index is 13.0. The van der Waals surface area contributed by atoms with Crippen LogP contribution in [0.15, 0.2) is 54.6 Å². The van der Waals surface area contributed by atoms with Crippen molar-refractivity contribution in [2.45, 2.75) is 31.4 Å². The summed E-state index contributed by atoms with van der Waals surface area (Å²) in [6, 6.07) is 11.1. The summed E-state index contributed by atoms with van der Waals surface area (Å²) in [5, 5.41) is 53.4. The number of amides is 1. The Morgan fingerprint density at radius 2 is 1.43 bits per heavy atom. The first-order valence-electron chi connectivity index (χ1n) is 12.5. The third-order valence-electron chi connectivity index (χ3n) is 7.60. The molecule has 0 saturated heterocycles. The van der Waals surface area contributed by atoms with E-state index in [0.29, 0.717) is 12.8 Å². The van der Waals surface area contributed by atoms with E-state index < -0.39 is 63.7 Å². The van der Waals surface area contributed by atoms with Gasteiger partial charge in [-0.25, -0.2) is 9.59 Å². The molecule has 2 saturated carbocycles. The highest BCUT2D eigenvalue weighted by molar-refractivity contribution is 6.18. The molecule has 6 N–H and O–H groups in total. The highest BCUT2D eigenvalue weighted by Gasteiger charge is 2.51. The number of aromatic carboxylic acids is 1. The fraction of sp³-hybridized carbons (Fsp3) is 0.241. The lowest BCUT2D eigenvalue weighted by atomic mass is 9.95. The van der Waals surface area contributed by atoms with Crippen molar-refractivity contribution in [2.24, 2.45) is 11.8 Å². The summed E-state index contributed by atoms with van der Waals surface area (Å²) in [6.45, 7) is 0. The SMILES string of the molecule is O=C(OC1C2CCC1C(NC(=O)c1ccccc1O)C2)c1cc(O)c(C(=O)c2c(O)cccc2C(=O)O)c(O)c1. The average molecular weight is 548 g/mol. The number of benzene rings is 3. The summed E-state index contributed by atoms with van der Waals surface area (Å²) in [5.41, 5.74) is -1.96. The summed E-state index contributed by atoms with van der Waals surface area (Å²) in [6.07, 6.45) is 1.51. The molecule has 0 radical (unpaired) electrons. The zero-order chi connectivity index (χ0) is 28.7. The third kappa shape index (κ3) is 4.66. The quantitative estimate of drug-likeness (QED) is 0.189. The van der Waals surface area contributed by atoms with E-state index in [2.05, 4.69) is 5.32 Å². The predicted molar refractivity (Wildman–Crippen MR) is 138 cm³/mol. The molecule has 2 aliphatic rings. The molecule has 5 rings (SSSR count). The fourth-order valence-corrected chi connectivity index (χ4v) is 5.77. The minimum absolute atomic E-state index is 0.0258. The van der Waals surface area contributed by atoms with Gasteiger partial charge in [-0.15, -0.1) is 0 Å². The van der Waals surface area contributed by atoms with Crippen molar-refractivity contribution >= 4 is 23.6 Å². The molecule has 11 nitrogen and oxygen atoms in total. The Bertz CT molecular complexity index is 1520. The van der Waals surface area contributed by atoms with Crippen LogP contribution in [0.2, 0.25) is 0 Å². The normalized spacial score (nSPS) is 21.1. The smallest absolute Gasteiger partial charge is 0.338 e. The monoisotopic (exact) mass is 547 g/mol. The number of hydrogen-bond donors (Lipinski definition) is 6. The lowest BCUT2D eigenvalue weighted by Gasteiger charge is -2.23. The van der Waals surface area contributed by atoms with Gasteiger partial charge in [0, 0.05) is 12.0 Å². The first-order chi connectivity index (χ1) is 19.1. The van der Waals surface area contributed by atoms with Crippen LogP contribution in [0, 0.1) is 11.8 Å². The molecule has 3 aromatic rings. The molecule has 3 aromatic carbocycles. The summed E-state index contributed by atoms with van der Waals surface area (Å²) in [5.74, 6) is -6.58. The van der Waals surface area contributed by atoms with Crippen molar-refractivity contribution in [1.82, 2.24) is 5.32 Å². The molecule has 1 amide bonds. The van der Waals surface area contributed by atoms with Crippen LogP contribution in [-0.4, -0.2) is 61.3 Å². The minimum atomic E-state index is -1.50. The van der Waals surface area contributed by atoms with Crippen molar-refractivity contribution in [3.05, 3.63) is 82.4 Å². The number of phenols is 4. The summed E-state index contributed by atoms with van der Waals surface area (Å²) in [4.78, 5) is 50.2. The largest absolute Gasteiger partial charge is 0.507 e. The van der Waals surface area contributed by atoms with Gasteiger partial charge < -0.3 is 35.6 Å². The number of carboxylic acid groups (broad SMARTS) is 1. The van der Waals surface area contributed by atoms with Crippen LogP contribution >= 0.6 is 0 Å². The Hall–Kier alpha value is -5.06. The fourth-order valence-electron chi connectivity index (χ4n) is 5.77. The van der Waals surface area contributed by atoms with Crippen molar-refractivity contribution in [3.63, 3.8) is 0 Å². The Kier molecular flexibility index (Phi) is 6.80. The summed E-state index contributed by atoms with van der Waals surface area (Å²) >= 11 is 0. The second-order valence-corrected chi connectivity index (χ2v) is 9.93. The van der Waals surface area contributed by atoms with E-state index >= 15 is 0 Å². The molecule has 4 unspecified atom stereocenters. The first kappa shape index (κ1) is 26.5. The molecule has 0 spiro atoms. The topological polar surface area (TPSA) is 191 Å².